The molecule has 4 aromatic heterocycles. The fourth-order valence-electron chi connectivity index (χ4n) is 3.92. The second-order valence-electron chi connectivity index (χ2n) is 6.92. The van der Waals surface area contributed by atoms with Crippen LogP contribution in [-0.2, 0) is 0 Å². The molecule has 4 aromatic rings. The Hall–Kier alpha value is -2.27. The molecular weight excluding hydrogens is 340 g/mol. The first-order valence-electron chi connectivity index (χ1n) is 9.26. The van der Waals surface area contributed by atoms with Crippen molar-refractivity contribution >= 4 is 27.2 Å². The van der Waals surface area contributed by atoms with Crippen LogP contribution in [0.2, 0.25) is 0 Å². The van der Waals surface area contributed by atoms with Gasteiger partial charge in [-0.1, -0.05) is 13.8 Å². The van der Waals surface area contributed by atoms with Crippen molar-refractivity contribution in [2.24, 2.45) is 0 Å². The van der Waals surface area contributed by atoms with Gasteiger partial charge in [-0.25, -0.2) is 9.50 Å². The highest BCUT2D eigenvalue weighted by molar-refractivity contribution is 7.19. The van der Waals surface area contributed by atoms with Gasteiger partial charge in [0.25, 0.3) is 0 Å². The van der Waals surface area contributed by atoms with Gasteiger partial charge in [0, 0.05) is 22.2 Å². The Morgan fingerprint density at radius 2 is 1.92 bits per heavy atom. The van der Waals surface area contributed by atoms with Crippen LogP contribution in [0, 0.1) is 20.8 Å². The lowest BCUT2D eigenvalue weighted by Crippen LogP contribution is -2.05. The Morgan fingerprint density at radius 1 is 1.15 bits per heavy atom. The lowest BCUT2D eigenvalue weighted by atomic mass is 9.95. The minimum Gasteiger partial charge on any atom is -0.255 e. The van der Waals surface area contributed by atoms with Gasteiger partial charge in [-0.2, -0.15) is 5.10 Å². The zero-order valence-corrected chi connectivity index (χ0v) is 16.8. The van der Waals surface area contributed by atoms with Crippen molar-refractivity contribution in [1.82, 2.24) is 19.6 Å². The number of fused-ring (bicyclic) bond motifs is 2. The topological polar surface area (TPSA) is 43.1 Å². The summed E-state index contributed by atoms with van der Waals surface area (Å²) in [6, 6.07) is 6.34. The lowest BCUT2D eigenvalue weighted by molar-refractivity contribution is 0.638. The van der Waals surface area contributed by atoms with Crippen LogP contribution in [0.5, 0.6) is 0 Å². The van der Waals surface area contributed by atoms with Crippen LogP contribution >= 0.6 is 11.3 Å². The molecule has 0 radical (unpaired) electrons. The molecule has 134 valence electrons. The van der Waals surface area contributed by atoms with Gasteiger partial charge in [0.2, 0.25) is 0 Å². The summed E-state index contributed by atoms with van der Waals surface area (Å²) in [7, 11) is 0. The second-order valence-corrected chi connectivity index (χ2v) is 8.18. The minimum absolute atomic E-state index is 0.507. The van der Waals surface area contributed by atoms with Gasteiger partial charge < -0.3 is 0 Å². The average molecular weight is 365 g/mol. The quantitative estimate of drug-likeness (QED) is 0.457. The number of aromatic nitrogens is 4. The van der Waals surface area contributed by atoms with Crippen molar-refractivity contribution in [1.29, 1.82) is 0 Å². The molecule has 0 aliphatic rings. The molecule has 0 aliphatic heterocycles. The predicted octanol–water partition coefficient (Wildman–Crippen LogP) is 5.83. The molecule has 0 saturated carbocycles. The Morgan fingerprint density at radius 3 is 2.65 bits per heavy atom. The van der Waals surface area contributed by atoms with Crippen LogP contribution in [0.1, 0.15) is 54.4 Å². The molecule has 4 nitrogen and oxygen atoms in total. The summed E-state index contributed by atoms with van der Waals surface area (Å²) in [5, 5.41) is 4.84. The van der Waals surface area contributed by atoms with E-state index < -0.39 is 0 Å². The van der Waals surface area contributed by atoms with Gasteiger partial charge in [-0.15, -0.1) is 11.3 Å². The first-order chi connectivity index (χ1) is 12.5. The third kappa shape index (κ3) is 2.53. The SMILES string of the molecule is CCC(CC)c1cc(C)nn2c(-c3c(C)sc4cccnc34)c(C)nc12. The molecule has 0 bridgehead atoms. The van der Waals surface area contributed by atoms with Gasteiger partial charge in [0.05, 0.1) is 27.3 Å². The summed E-state index contributed by atoms with van der Waals surface area (Å²) in [5.41, 5.74) is 7.65. The van der Waals surface area contributed by atoms with Crippen molar-refractivity contribution in [2.75, 3.05) is 0 Å². The number of rotatable bonds is 4. The van der Waals surface area contributed by atoms with Crippen LogP contribution < -0.4 is 0 Å². The van der Waals surface area contributed by atoms with Crippen LogP contribution in [0.15, 0.2) is 24.4 Å². The lowest BCUT2D eigenvalue weighted by Gasteiger charge is -2.14. The van der Waals surface area contributed by atoms with Crippen molar-refractivity contribution in [3.63, 3.8) is 0 Å². The Balaban J connectivity index is 2.08. The number of hydrogen-bond donors (Lipinski definition) is 0. The van der Waals surface area contributed by atoms with Gasteiger partial charge in [-0.05, 0) is 57.7 Å². The molecule has 4 heterocycles. The van der Waals surface area contributed by atoms with E-state index in [4.69, 9.17) is 10.1 Å². The largest absolute Gasteiger partial charge is 0.255 e. The maximum Gasteiger partial charge on any atom is 0.157 e. The summed E-state index contributed by atoms with van der Waals surface area (Å²) in [6.07, 6.45) is 4.09. The zero-order valence-electron chi connectivity index (χ0n) is 16.0. The second kappa shape index (κ2) is 6.47. The van der Waals surface area contributed by atoms with Crippen LogP contribution in [0.4, 0.5) is 0 Å². The Labute approximate surface area is 157 Å². The summed E-state index contributed by atoms with van der Waals surface area (Å²) in [5.74, 6) is 0.507. The van der Waals surface area contributed by atoms with Crippen molar-refractivity contribution in [2.45, 2.75) is 53.4 Å². The normalized spacial score (nSPS) is 11.9. The highest BCUT2D eigenvalue weighted by Crippen LogP contribution is 2.39. The van der Waals surface area contributed by atoms with E-state index in [2.05, 4.69) is 56.3 Å². The van der Waals surface area contributed by atoms with Crippen molar-refractivity contribution in [3.05, 3.63) is 46.2 Å². The van der Waals surface area contributed by atoms with E-state index in [0.29, 0.717) is 5.92 Å². The third-order valence-electron chi connectivity index (χ3n) is 5.19. The monoisotopic (exact) mass is 364 g/mol. The number of pyridine rings is 1. The molecule has 0 unspecified atom stereocenters. The van der Waals surface area contributed by atoms with Gasteiger partial charge in [0.15, 0.2) is 5.65 Å². The number of nitrogens with zero attached hydrogens (tertiary/aromatic N) is 4. The summed E-state index contributed by atoms with van der Waals surface area (Å²) >= 11 is 1.79. The van der Waals surface area contributed by atoms with E-state index in [9.17, 15) is 0 Å². The Bertz CT molecular complexity index is 1100. The van der Waals surface area contributed by atoms with Gasteiger partial charge in [0.1, 0.15) is 0 Å². The van der Waals surface area contributed by atoms with Gasteiger partial charge in [-0.3, -0.25) is 4.98 Å². The average Bonchev–Trinajstić information content (AvgIpc) is 3.11. The molecule has 0 aromatic carbocycles. The van der Waals surface area contributed by atoms with Crippen LogP contribution in [0.25, 0.3) is 27.1 Å². The van der Waals surface area contributed by atoms with E-state index in [-0.39, 0.29) is 0 Å². The molecule has 0 spiro atoms. The molecule has 0 N–H and O–H groups in total. The fourth-order valence-corrected chi connectivity index (χ4v) is 4.94. The van der Waals surface area contributed by atoms with E-state index in [1.165, 1.54) is 20.7 Å². The number of aryl methyl sites for hydroxylation is 3. The minimum atomic E-state index is 0.507. The van der Waals surface area contributed by atoms with E-state index >= 15 is 0 Å². The highest BCUT2D eigenvalue weighted by atomic mass is 32.1. The van der Waals surface area contributed by atoms with E-state index in [1.54, 1.807) is 11.3 Å². The standard InChI is InChI=1S/C21H24N4S/c1-6-15(7-2)16-11-12(3)24-25-20(13(4)23-21(16)25)18-14(5)26-17-9-8-10-22-19(17)18/h8-11,15H,6-7H2,1-5H3. The van der Waals surface area contributed by atoms with Crippen molar-refractivity contribution in [3.8, 4) is 11.3 Å². The predicted molar refractivity (Wildman–Crippen MR) is 109 cm³/mol. The summed E-state index contributed by atoms with van der Waals surface area (Å²) in [4.78, 5) is 10.9. The molecule has 0 amide bonds. The highest BCUT2D eigenvalue weighted by Gasteiger charge is 2.23. The third-order valence-corrected chi connectivity index (χ3v) is 6.25. The molecule has 4 rings (SSSR count). The molecule has 0 saturated heterocycles. The smallest absolute Gasteiger partial charge is 0.157 e. The molecule has 0 aliphatic carbocycles. The van der Waals surface area contributed by atoms with Crippen molar-refractivity contribution < 1.29 is 0 Å². The Kier molecular flexibility index (Phi) is 4.27. The number of imidazole rings is 1. The molecule has 0 fully saturated rings. The number of hydrogen-bond acceptors (Lipinski definition) is 4. The first kappa shape index (κ1) is 17.2. The number of thiophene rings is 1. The summed E-state index contributed by atoms with van der Waals surface area (Å²) < 4.78 is 3.27. The maximum absolute atomic E-state index is 4.95. The van der Waals surface area contributed by atoms with E-state index in [0.717, 1.165) is 41.1 Å². The molecule has 0 atom stereocenters. The zero-order chi connectivity index (χ0) is 18.4. The fraction of sp³-hybridized carbons (Fsp3) is 0.381. The molecule has 26 heavy (non-hydrogen) atoms. The van der Waals surface area contributed by atoms with Gasteiger partial charge >= 0.3 is 0 Å². The first-order valence-corrected chi connectivity index (χ1v) is 10.1. The summed E-state index contributed by atoms with van der Waals surface area (Å²) in [6.45, 7) is 10.8. The van der Waals surface area contributed by atoms with Crippen LogP contribution in [-0.4, -0.2) is 19.6 Å². The van der Waals surface area contributed by atoms with E-state index in [1.807, 2.05) is 12.3 Å². The molecular formula is C21H24N4S. The maximum atomic E-state index is 4.95. The van der Waals surface area contributed by atoms with Crippen LogP contribution in [0.3, 0.4) is 0 Å². The molecule has 5 heteroatoms.